The number of nitrogens with zero attached hydrogens (tertiary/aromatic N) is 3. The van der Waals surface area contributed by atoms with Crippen molar-refractivity contribution in [3.63, 3.8) is 0 Å². The summed E-state index contributed by atoms with van der Waals surface area (Å²) in [5, 5.41) is 3.15. The molecule has 0 aromatic carbocycles. The van der Waals surface area contributed by atoms with Crippen molar-refractivity contribution in [2.75, 3.05) is 59.0 Å². The van der Waals surface area contributed by atoms with E-state index in [0.717, 1.165) is 19.6 Å². The van der Waals surface area contributed by atoms with Gasteiger partial charge in [0.05, 0.1) is 19.3 Å². The molecule has 3 rings (SSSR count). The third-order valence-corrected chi connectivity index (χ3v) is 6.08. The van der Waals surface area contributed by atoms with E-state index in [1.807, 2.05) is 16.7 Å². The number of amides is 3. The minimum atomic E-state index is -0.126. The molecular formula is C19H34N4O3. The molecule has 1 N–H and O–H groups in total. The van der Waals surface area contributed by atoms with Gasteiger partial charge in [-0.25, -0.2) is 4.79 Å². The number of ether oxygens (including phenoxy) is 1. The van der Waals surface area contributed by atoms with E-state index in [1.54, 1.807) is 0 Å². The summed E-state index contributed by atoms with van der Waals surface area (Å²) in [6, 6.07) is -0.0124. The van der Waals surface area contributed by atoms with Crippen LogP contribution in [0.1, 0.15) is 39.0 Å². The molecule has 0 aromatic heterocycles. The van der Waals surface area contributed by atoms with Crippen LogP contribution >= 0.6 is 0 Å². The zero-order valence-electron chi connectivity index (χ0n) is 16.1. The lowest BCUT2D eigenvalue weighted by Crippen LogP contribution is -2.58. The van der Waals surface area contributed by atoms with Crippen molar-refractivity contribution < 1.29 is 14.3 Å². The minimum absolute atomic E-state index is 0.113. The van der Waals surface area contributed by atoms with Gasteiger partial charge in [0.25, 0.3) is 0 Å². The molecule has 3 fully saturated rings. The van der Waals surface area contributed by atoms with Gasteiger partial charge in [-0.2, -0.15) is 0 Å². The van der Waals surface area contributed by atoms with E-state index < -0.39 is 0 Å². The third kappa shape index (κ3) is 5.10. The van der Waals surface area contributed by atoms with Gasteiger partial charge in [-0.1, -0.05) is 19.3 Å². The lowest BCUT2D eigenvalue weighted by Gasteiger charge is -2.40. The van der Waals surface area contributed by atoms with Gasteiger partial charge in [0.2, 0.25) is 5.91 Å². The molecule has 0 spiro atoms. The second-order valence-electron chi connectivity index (χ2n) is 7.83. The van der Waals surface area contributed by atoms with Crippen LogP contribution in [0.5, 0.6) is 0 Å². The van der Waals surface area contributed by atoms with Crippen molar-refractivity contribution in [3.8, 4) is 0 Å². The molecule has 1 saturated carbocycles. The molecule has 3 amide bonds. The monoisotopic (exact) mass is 366 g/mol. The first-order valence-corrected chi connectivity index (χ1v) is 10.3. The fourth-order valence-electron chi connectivity index (χ4n) is 4.20. The van der Waals surface area contributed by atoms with Crippen LogP contribution in [0.2, 0.25) is 0 Å². The first-order chi connectivity index (χ1) is 12.6. The van der Waals surface area contributed by atoms with Crippen LogP contribution in [0.3, 0.4) is 0 Å². The van der Waals surface area contributed by atoms with Crippen molar-refractivity contribution >= 4 is 11.9 Å². The third-order valence-electron chi connectivity index (χ3n) is 6.08. The Labute approximate surface area is 157 Å². The molecule has 2 aliphatic heterocycles. The van der Waals surface area contributed by atoms with E-state index in [1.165, 1.54) is 32.1 Å². The van der Waals surface area contributed by atoms with E-state index >= 15 is 0 Å². The predicted octanol–water partition coefficient (Wildman–Crippen LogP) is 1.14. The van der Waals surface area contributed by atoms with Gasteiger partial charge < -0.3 is 19.9 Å². The molecule has 2 heterocycles. The second-order valence-corrected chi connectivity index (χ2v) is 7.83. The van der Waals surface area contributed by atoms with Gasteiger partial charge in [0.15, 0.2) is 0 Å². The van der Waals surface area contributed by atoms with Gasteiger partial charge in [-0.15, -0.1) is 0 Å². The fraction of sp³-hybridized carbons (Fsp3) is 0.895. The highest BCUT2D eigenvalue weighted by Gasteiger charge is 2.30. The van der Waals surface area contributed by atoms with Crippen LogP contribution in [-0.2, 0) is 9.53 Å². The van der Waals surface area contributed by atoms with Gasteiger partial charge >= 0.3 is 6.03 Å². The Morgan fingerprint density at radius 1 is 0.962 bits per heavy atom. The van der Waals surface area contributed by atoms with Crippen molar-refractivity contribution in [1.29, 1.82) is 0 Å². The number of carbonyl (C=O) groups is 2. The van der Waals surface area contributed by atoms with Gasteiger partial charge in [0.1, 0.15) is 0 Å². The molecule has 1 atom stereocenters. The number of morpholine rings is 1. The predicted molar refractivity (Wildman–Crippen MR) is 100.0 cm³/mol. The molecule has 1 aliphatic carbocycles. The normalized spacial score (nSPS) is 24.3. The Morgan fingerprint density at radius 3 is 2.23 bits per heavy atom. The Morgan fingerprint density at radius 2 is 1.58 bits per heavy atom. The molecule has 3 aliphatic rings. The lowest BCUT2D eigenvalue weighted by molar-refractivity contribution is -0.126. The lowest BCUT2D eigenvalue weighted by atomic mass is 9.89. The van der Waals surface area contributed by atoms with Crippen molar-refractivity contribution in [2.45, 2.75) is 45.1 Å². The maximum atomic E-state index is 12.5. The summed E-state index contributed by atoms with van der Waals surface area (Å²) >= 11 is 0. The van der Waals surface area contributed by atoms with Gasteiger partial charge in [-0.3, -0.25) is 9.69 Å². The molecule has 7 nitrogen and oxygen atoms in total. The number of hydrogen-bond donors (Lipinski definition) is 1. The number of nitrogens with one attached hydrogen (secondary N) is 1. The molecule has 1 unspecified atom stereocenters. The summed E-state index contributed by atoms with van der Waals surface area (Å²) in [6.45, 7) is 8.31. The van der Waals surface area contributed by atoms with Gasteiger partial charge in [0, 0.05) is 45.8 Å². The minimum Gasteiger partial charge on any atom is -0.378 e. The second kappa shape index (κ2) is 9.55. The number of rotatable bonds is 4. The largest absolute Gasteiger partial charge is 0.378 e. The number of hydrogen-bond acceptors (Lipinski definition) is 4. The maximum Gasteiger partial charge on any atom is 0.320 e. The van der Waals surface area contributed by atoms with Crippen LogP contribution in [-0.4, -0.2) is 91.7 Å². The fourth-order valence-corrected chi connectivity index (χ4v) is 4.20. The molecular weight excluding hydrogens is 332 g/mol. The van der Waals surface area contributed by atoms with Gasteiger partial charge in [-0.05, 0) is 25.7 Å². The summed E-state index contributed by atoms with van der Waals surface area (Å²) in [5.41, 5.74) is 0. The van der Waals surface area contributed by atoms with E-state index in [9.17, 15) is 9.59 Å². The maximum absolute atomic E-state index is 12.5. The Bertz CT molecular complexity index is 467. The van der Waals surface area contributed by atoms with Crippen LogP contribution < -0.4 is 5.32 Å². The SMILES string of the molecule is CC(C(=O)NCC1CCCCC1)N1CCN(C(=O)N2CCOCC2)CC1. The molecule has 7 heteroatoms. The Kier molecular flexibility index (Phi) is 7.14. The average Bonchev–Trinajstić information content (AvgIpc) is 2.72. The zero-order valence-corrected chi connectivity index (χ0v) is 16.1. The van der Waals surface area contributed by atoms with Crippen LogP contribution in [0, 0.1) is 5.92 Å². The Hall–Kier alpha value is -1.34. The van der Waals surface area contributed by atoms with E-state index in [-0.39, 0.29) is 18.0 Å². The highest BCUT2D eigenvalue weighted by atomic mass is 16.5. The Balaban J connectivity index is 1.38. The summed E-state index contributed by atoms with van der Waals surface area (Å²) in [4.78, 5) is 31.0. The van der Waals surface area contributed by atoms with E-state index in [0.29, 0.717) is 45.3 Å². The van der Waals surface area contributed by atoms with Crippen LogP contribution in [0.4, 0.5) is 4.79 Å². The molecule has 0 bridgehead atoms. The topological polar surface area (TPSA) is 65.1 Å². The number of piperazine rings is 1. The zero-order chi connectivity index (χ0) is 18.4. The number of urea groups is 1. The van der Waals surface area contributed by atoms with Crippen LogP contribution in [0.15, 0.2) is 0 Å². The van der Waals surface area contributed by atoms with Crippen molar-refractivity contribution in [1.82, 2.24) is 20.0 Å². The molecule has 2 saturated heterocycles. The average molecular weight is 367 g/mol. The van der Waals surface area contributed by atoms with Crippen LogP contribution in [0.25, 0.3) is 0 Å². The molecule has 0 radical (unpaired) electrons. The molecule has 148 valence electrons. The molecule has 0 aromatic rings. The summed E-state index contributed by atoms with van der Waals surface area (Å²) in [5.74, 6) is 0.784. The quantitative estimate of drug-likeness (QED) is 0.810. The summed E-state index contributed by atoms with van der Waals surface area (Å²) in [6.07, 6.45) is 6.44. The van der Waals surface area contributed by atoms with E-state index in [2.05, 4.69) is 10.2 Å². The van der Waals surface area contributed by atoms with Crippen molar-refractivity contribution in [2.24, 2.45) is 5.92 Å². The molecule has 26 heavy (non-hydrogen) atoms. The first-order valence-electron chi connectivity index (χ1n) is 10.3. The summed E-state index contributed by atoms with van der Waals surface area (Å²) < 4.78 is 5.31. The van der Waals surface area contributed by atoms with Crippen molar-refractivity contribution in [3.05, 3.63) is 0 Å². The van der Waals surface area contributed by atoms with E-state index in [4.69, 9.17) is 4.74 Å². The summed E-state index contributed by atoms with van der Waals surface area (Å²) in [7, 11) is 0. The smallest absolute Gasteiger partial charge is 0.320 e. The highest BCUT2D eigenvalue weighted by molar-refractivity contribution is 5.81. The number of carbonyl (C=O) groups excluding carboxylic acids is 2. The standard InChI is InChI=1S/C19H34N4O3/c1-16(18(24)20-15-17-5-3-2-4-6-17)21-7-9-22(10-8-21)19(25)23-11-13-26-14-12-23/h16-17H,2-15H2,1H3,(H,20,24). The first kappa shape index (κ1) is 19.4. The highest BCUT2D eigenvalue weighted by Crippen LogP contribution is 2.22.